The molecule has 1 saturated carbocycles. The van der Waals surface area contributed by atoms with Gasteiger partial charge in [0.05, 0.1) is 0 Å². The zero-order valence-electron chi connectivity index (χ0n) is 14.4. The van der Waals surface area contributed by atoms with E-state index in [2.05, 4.69) is 36.4 Å². The lowest BCUT2D eigenvalue weighted by Gasteiger charge is -2.27. The standard InChI is InChI=1S/C21H27F3/c1-2-3-4-5-6-7-16-8-10-17(11-9-16)18-12-14-19(15-13-18)20(22)21(23)24/h2-3,8-11,18-19H,4-7,12-15H2,1H3/b3-2+. The third-order valence-corrected chi connectivity index (χ3v) is 5.04. The highest BCUT2D eigenvalue weighted by Crippen LogP contribution is 2.40. The Labute approximate surface area is 143 Å². The van der Waals surface area contributed by atoms with Gasteiger partial charge in [-0.15, -0.1) is 0 Å². The molecule has 0 aliphatic heterocycles. The van der Waals surface area contributed by atoms with Crippen molar-refractivity contribution >= 4 is 0 Å². The predicted molar refractivity (Wildman–Crippen MR) is 93.9 cm³/mol. The Morgan fingerprint density at radius 2 is 1.67 bits per heavy atom. The third kappa shape index (κ3) is 5.54. The average Bonchev–Trinajstić information content (AvgIpc) is 2.61. The van der Waals surface area contributed by atoms with Crippen LogP contribution in [0.15, 0.2) is 48.3 Å². The molecule has 0 N–H and O–H groups in total. The molecule has 3 heteroatoms. The van der Waals surface area contributed by atoms with Crippen molar-refractivity contribution in [2.24, 2.45) is 5.92 Å². The van der Waals surface area contributed by atoms with E-state index in [0.29, 0.717) is 18.8 Å². The van der Waals surface area contributed by atoms with Crippen LogP contribution in [0, 0.1) is 5.92 Å². The molecule has 1 aliphatic rings. The minimum atomic E-state index is -2.14. The minimum Gasteiger partial charge on any atom is -0.206 e. The van der Waals surface area contributed by atoms with Gasteiger partial charge in [-0.2, -0.15) is 8.78 Å². The van der Waals surface area contributed by atoms with Crippen LogP contribution in [-0.4, -0.2) is 0 Å². The normalized spacial score (nSPS) is 21.2. The topological polar surface area (TPSA) is 0 Å². The molecular formula is C21H27F3. The van der Waals surface area contributed by atoms with E-state index in [0.717, 1.165) is 25.7 Å². The molecule has 132 valence electrons. The zero-order valence-corrected chi connectivity index (χ0v) is 14.4. The van der Waals surface area contributed by atoms with E-state index in [4.69, 9.17) is 0 Å². The monoisotopic (exact) mass is 336 g/mol. The fourth-order valence-electron chi connectivity index (χ4n) is 3.55. The molecule has 1 aliphatic carbocycles. The van der Waals surface area contributed by atoms with Crippen molar-refractivity contribution in [3.05, 3.63) is 59.5 Å². The number of halogens is 3. The largest absolute Gasteiger partial charge is 0.301 e. The second kappa shape index (κ2) is 9.71. The minimum absolute atomic E-state index is 0.375. The summed E-state index contributed by atoms with van der Waals surface area (Å²) in [6.07, 6.45) is 9.38. The van der Waals surface area contributed by atoms with E-state index in [9.17, 15) is 13.2 Å². The van der Waals surface area contributed by atoms with E-state index in [1.165, 1.54) is 24.0 Å². The van der Waals surface area contributed by atoms with Gasteiger partial charge in [-0.05, 0) is 75.3 Å². The number of benzene rings is 1. The predicted octanol–water partition coefficient (Wildman–Crippen LogP) is 7.33. The average molecular weight is 336 g/mol. The SMILES string of the molecule is C/C=C/CCCCc1ccc(C2CCC(C(F)=C(F)F)CC2)cc1. The van der Waals surface area contributed by atoms with E-state index in [1.54, 1.807) is 0 Å². The van der Waals surface area contributed by atoms with Crippen LogP contribution in [0.4, 0.5) is 13.2 Å². The van der Waals surface area contributed by atoms with E-state index < -0.39 is 17.8 Å². The summed E-state index contributed by atoms with van der Waals surface area (Å²) in [6, 6.07) is 8.68. The smallest absolute Gasteiger partial charge is 0.206 e. The quantitative estimate of drug-likeness (QED) is 0.361. The molecule has 1 aromatic carbocycles. The molecule has 0 radical (unpaired) electrons. The Morgan fingerprint density at radius 3 is 2.25 bits per heavy atom. The van der Waals surface area contributed by atoms with Crippen molar-refractivity contribution in [1.29, 1.82) is 0 Å². The lowest BCUT2D eigenvalue weighted by molar-refractivity contribution is 0.281. The van der Waals surface area contributed by atoms with E-state index >= 15 is 0 Å². The molecule has 0 saturated heterocycles. The van der Waals surface area contributed by atoms with Gasteiger partial charge in [0, 0.05) is 5.92 Å². The summed E-state index contributed by atoms with van der Waals surface area (Å²) >= 11 is 0. The second-order valence-corrected chi connectivity index (χ2v) is 6.71. The van der Waals surface area contributed by atoms with Crippen molar-refractivity contribution in [2.75, 3.05) is 0 Å². The number of hydrogen-bond acceptors (Lipinski definition) is 0. The maximum atomic E-state index is 13.3. The first kappa shape index (κ1) is 18.8. The molecule has 1 aromatic rings. The zero-order chi connectivity index (χ0) is 17.4. The van der Waals surface area contributed by atoms with Gasteiger partial charge in [0.25, 0.3) is 0 Å². The lowest BCUT2D eigenvalue weighted by Crippen LogP contribution is -2.14. The van der Waals surface area contributed by atoms with Crippen LogP contribution < -0.4 is 0 Å². The fourth-order valence-corrected chi connectivity index (χ4v) is 3.55. The van der Waals surface area contributed by atoms with Crippen molar-refractivity contribution in [3.8, 4) is 0 Å². The van der Waals surface area contributed by atoms with Crippen molar-refractivity contribution in [1.82, 2.24) is 0 Å². The molecule has 0 nitrogen and oxygen atoms in total. The molecule has 2 rings (SSSR count). The van der Waals surface area contributed by atoms with Gasteiger partial charge in [0.2, 0.25) is 0 Å². The summed E-state index contributed by atoms with van der Waals surface area (Å²) in [7, 11) is 0. The highest BCUT2D eigenvalue weighted by molar-refractivity contribution is 5.26. The molecule has 0 heterocycles. The summed E-state index contributed by atoms with van der Waals surface area (Å²) in [5.74, 6) is -1.40. The molecule has 1 fully saturated rings. The Morgan fingerprint density at radius 1 is 1.00 bits per heavy atom. The van der Waals surface area contributed by atoms with Crippen LogP contribution in [0.1, 0.15) is 68.9 Å². The highest BCUT2D eigenvalue weighted by Gasteiger charge is 2.27. The summed E-state index contributed by atoms with van der Waals surface area (Å²) in [6.45, 7) is 2.05. The summed E-state index contributed by atoms with van der Waals surface area (Å²) < 4.78 is 38.0. The van der Waals surface area contributed by atoms with Gasteiger partial charge < -0.3 is 0 Å². The Balaban J connectivity index is 1.81. The first-order valence-electron chi connectivity index (χ1n) is 9.02. The number of rotatable bonds is 7. The molecule has 0 bridgehead atoms. The van der Waals surface area contributed by atoms with Crippen molar-refractivity contribution < 1.29 is 13.2 Å². The van der Waals surface area contributed by atoms with E-state index in [1.807, 2.05) is 6.92 Å². The maximum Gasteiger partial charge on any atom is 0.301 e. The first-order valence-corrected chi connectivity index (χ1v) is 9.02. The molecule has 0 amide bonds. The van der Waals surface area contributed by atoms with Gasteiger partial charge >= 0.3 is 6.08 Å². The number of aryl methyl sites for hydroxylation is 1. The maximum absolute atomic E-state index is 13.3. The Kier molecular flexibility index (Phi) is 7.61. The van der Waals surface area contributed by atoms with Crippen LogP contribution in [-0.2, 0) is 6.42 Å². The van der Waals surface area contributed by atoms with Crippen LogP contribution in [0.2, 0.25) is 0 Å². The first-order chi connectivity index (χ1) is 11.6. The fraction of sp³-hybridized carbons (Fsp3) is 0.524. The van der Waals surface area contributed by atoms with Gasteiger partial charge in [-0.1, -0.05) is 36.4 Å². The highest BCUT2D eigenvalue weighted by atomic mass is 19.3. The summed E-state index contributed by atoms with van der Waals surface area (Å²) in [5.41, 5.74) is 2.61. The second-order valence-electron chi connectivity index (χ2n) is 6.71. The number of hydrogen-bond donors (Lipinski definition) is 0. The number of unbranched alkanes of at least 4 members (excludes halogenated alkanes) is 2. The van der Waals surface area contributed by atoms with Crippen molar-refractivity contribution in [2.45, 2.75) is 64.2 Å². The molecule has 0 unspecified atom stereocenters. The molecule has 0 atom stereocenters. The molecule has 24 heavy (non-hydrogen) atoms. The molecular weight excluding hydrogens is 309 g/mol. The van der Waals surface area contributed by atoms with Crippen LogP contribution >= 0.6 is 0 Å². The molecule has 0 aromatic heterocycles. The van der Waals surface area contributed by atoms with Gasteiger partial charge in [-0.25, -0.2) is 4.39 Å². The van der Waals surface area contributed by atoms with E-state index in [-0.39, 0.29) is 0 Å². The van der Waals surface area contributed by atoms with Crippen LogP contribution in [0.25, 0.3) is 0 Å². The lowest BCUT2D eigenvalue weighted by atomic mass is 9.78. The van der Waals surface area contributed by atoms with Gasteiger partial charge in [-0.3, -0.25) is 0 Å². The Hall–Kier alpha value is -1.51. The van der Waals surface area contributed by atoms with Gasteiger partial charge in [0.1, 0.15) is 0 Å². The third-order valence-electron chi connectivity index (χ3n) is 5.04. The number of allylic oxidation sites excluding steroid dienone is 3. The van der Waals surface area contributed by atoms with Crippen molar-refractivity contribution in [3.63, 3.8) is 0 Å². The van der Waals surface area contributed by atoms with Gasteiger partial charge in [0.15, 0.2) is 5.83 Å². The van der Waals surface area contributed by atoms with Crippen LogP contribution in [0.5, 0.6) is 0 Å². The Bertz CT molecular complexity index is 545. The van der Waals surface area contributed by atoms with Crippen LogP contribution in [0.3, 0.4) is 0 Å². The summed E-state index contributed by atoms with van der Waals surface area (Å²) in [5, 5.41) is 0. The summed E-state index contributed by atoms with van der Waals surface area (Å²) in [4.78, 5) is 0. The molecule has 0 spiro atoms.